The molecule has 1 N–H and O–H groups in total. The van der Waals surface area contributed by atoms with Crippen molar-refractivity contribution < 1.29 is 8.78 Å². The van der Waals surface area contributed by atoms with Crippen LogP contribution in [0, 0.1) is 16.4 Å². The number of nitrogens with zero attached hydrogens (tertiary/aromatic N) is 1. The second-order valence-electron chi connectivity index (χ2n) is 4.43. The third-order valence-corrected chi connectivity index (χ3v) is 4.77. The average Bonchev–Trinajstić information content (AvgIpc) is 2.72. The second-order valence-corrected chi connectivity index (χ2v) is 5.97. The van der Waals surface area contributed by atoms with Crippen LogP contribution in [-0.4, -0.2) is 21.1 Å². The molecule has 6 heteroatoms. The van der Waals surface area contributed by atoms with E-state index in [1.54, 1.807) is 4.57 Å². The fraction of sp³-hybridized carbons (Fsp3) is 0.417. The van der Waals surface area contributed by atoms with Crippen molar-refractivity contribution in [3.8, 4) is 0 Å². The van der Waals surface area contributed by atoms with Gasteiger partial charge in [0.2, 0.25) is 0 Å². The van der Waals surface area contributed by atoms with Crippen LogP contribution < -0.4 is 0 Å². The predicted octanol–water partition coefficient (Wildman–Crippen LogP) is 4.05. The number of H-pyrrole nitrogens is 1. The first-order valence-corrected chi connectivity index (χ1v) is 7.40. The molecule has 0 bridgehead atoms. The molecule has 0 aliphatic carbocycles. The van der Waals surface area contributed by atoms with Crippen LogP contribution in [0.25, 0.3) is 11.0 Å². The molecule has 1 atom stereocenters. The van der Waals surface area contributed by atoms with Gasteiger partial charge >= 0.3 is 0 Å². The highest BCUT2D eigenvalue weighted by Gasteiger charge is 2.21. The molecular formula is C12H12F2N2S2. The molecule has 0 amide bonds. The van der Waals surface area contributed by atoms with Crippen LogP contribution in [0.1, 0.15) is 18.9 Å². The molecular weight excluding hydrogens is 274 g/mol. The van der Waals surface area contributed by atoms with Gasteiger partial charge in [-0.3, -0.25) is 0 Å². The zero-order valence-corrected chi connectivity index (χ0v) is 11.2. The van der Waals surface area contributed by atoms with E-state index in [0.717, 1.165) is 30.4 Å². The van der Waals surface area contributed by atoms with Gasteiger partial charge in [-0.05, 0) is 42.9 Å². The maximum Gasteiger partial charge on any atom is 0.184 e. The van der Waals surface area contributed by atoms with Gasteiger partial charge in [-0.25, -0.2) is 8.78 Å². The van der Waals surface area contributed by atoms with Crippen LogP contribution in [0.4, 0.5) is 8.78 Å². The fourth-order valence-corrected chi connectivity index (χ4v) is 3.90. The Labute approximate surface area is 112 Å². The first-order valence-electron chi connectivity index (χ1n) is 5.84. The monoisotopic (exact) mass is 286 g/mol. The van der Waals surface area contributed by atoms with Crippen LogP contribution in [0.3, 0.4) is 0 Å². The first kappa shape index (κ1) is 12.2. The van der Waals surface area contributed by atoms with E-state index in [2.05, 4.69) is 4.98 Å². The van der Waals surface area contributed by atoms with E-state index in [9.17, 15) is 8.78 Å². The highest BCUT2D eigenvalue weighted by atomic mass is 32.2. The van der Waals surface area contributed by atoms with Gasteiger partial charge in [-0.2, -0.15) is 11.8 Å². The van der Waals surface area contributed by atoms with Crippen molar-refractivity contribution in [3.05, 3.63) is 28.5 Å². The summed E-state index contributed by atoms with van der Waals surface area (Å²) in [6.07, 6.45) is 2.05. The Balaban J connectivity index is 2.23. The normalized spacial score (nSPS) is 20.4. The largest absolute Gasteiger partial charge is 0.330 e. The van der Waals surface area contributed by atoms with Gasteiger partial charge in [-0.1, -0.05) is 0 Å². The number of hydrogen-bond donors (Lipinski definition) is 1. The van der Waals surface area contributed by atoms with Crippen molar-refractivity contribution in [3.63, 3.8) is 0 Å². The van der Waals surface area contributed by atoms with Crippen molar-refractivity contribution in [1.29, 1.82) is 0 Å². The molecule has 1 aromatic heterocycles. The van der Waals surface area contributed by atoms with E-state index >= 15 is 0 Å². The summed E-state index contributed by atoms with van der Waals surface area (Å²) in [5.74, 6) is 0.393. The van der Waals surface area contributed by atoms with Crippen LogP contribution in [0.5, 0.6) is 0 Å². The molecule has 2 heterocycles. The zero-order chi connectivity index (χ0) is 12.7. The minimum absolute atomic E-state index is 0.154. The number of nitrogens with one attached hydrogen (secondary N) is 1. The Kier molecular flexibility index (Phi) is 3.15. The van der Waals surface area contributed by atoms with Crippen molar-refractivity contribution in [2.75, 3.05) is 11.5 Å². The molecule has 18 heavy (non-hydrogen) atoms. The van der Waals surface area contributed by atoms with E-state index in [0.29, 0.717) is 10.3 Å². The lowest BCUT2D eigenvalue weighted by Crippen LogP contribution is -2.16. The Morgan fingerprint density at radius 3 is 2.94 bits per heavy atom. The lowest BCUT2D eigenvalue weighted by Gasteiger charge is -2.23. The first-order chi connectivity index (χ1) is 8.68. The Hall–Kier alpha value is -0.880. The molecule has 2 aromatic rings. The molecule has 96 valence electrons. The number of hydrogen-bond acceptors (Lipinski definition) is 2. The standard InChI is InChI=1S/C12H12F2N2S2/c13-8-3-4-9-11(10(8)14)16(12(17)15-9)7-2-1-5-18-6-7/h3-4,7H,1-2,5-6H2,(H,15,17). The molecule has 1 fully saturated rings. The highest BCUT2D eigenvalue weighted by Crippen LogP contribution is 2.31. The van der Waals surface area contributed by atoms with Crippen molar-refractivity contribution in [2.45, 2.75) is 18.9 Å². The summed E-state index contributed by atoms with van der Waals surface area (Å²) < 4.78 is 29.5. The van der Waals surface area contributed by atoms with Crippen molar-refractivity contribution in [2.24, 2.45) is 0 Å². The molecule has 2 nitrogen and oxygen atoms in total. The summed E-state index contributed by atoms with van der Waals surface area (Å²) in [5.41, 5.74) is 0.835. The molecule has 0 saturated carbocycles. The lowest BCUT2D eigenvalue weighted by molar-refractivity contribution is 0.482. The van der Waals surface area contributed by atoms with Gasteiger partial charge in [0.1, 0.15) is 5.52 Å². The van der Waals surface area contributed by atoms with Crippen molar-refractivity contribution in [1.82, 2.24) is 9.55 Å². The summed E-state index contributed by atoms with van der Waals surface area (Å²) in [6.45, 7) is 0. The van der Waals surface area contributed by atoms with Crippen LogP contribution >= 0.6 is 24.0 Å². The second kappa shape index (κ2) is 4.66. The van der Waals surface area contributed by atoms with E-state index < -0.39 is 11.6 Å². The van der Waals surface area contributed by atoms with E-state index in [1.165, 1.54) is 6.07 Å². The number of imidazole rings is 1. The smallest absolute Gasteiger partial charge is 0.184 e. The number of aromatic nitrogens is 2. The van der Waals surface area contributed by atoms with Gasteiger partial charge in [0, 0.05) is 11.8 Å². The Morgan fingerprint density at radius 2 is 2.22 bits per heavy atom. The zero-order valence-electron chi connectivity index (χ0n) is 9.58. The summed E-state index contributed by atoms with van der Waals surface area (Å²) in [4.78, 5) is 2.95. The SMILES string of the molecule is Fc1ccc2[nH]c(=S)n(C3CCCSC3)c2c1F. The summed E-state index contributed by atoms with van der Waals surface area (Å²) in [7, 11) is 0. The number of fused-ring (bicyclic) bond motifs is 1. The maximum absolute atomic E-state index is 14.0. The Morgan fingerprint density at radius 1 is 1.39 bits per heavy atom. The average molecular weight is 286 g/mol. The highest BCUT2D eigenvalue weighted by molar-refractivity contribution is 7.99. The molecule has 1 unspecified atom stereocenters. The summed E-state index contributed by atoms with van der Waals surface area (Å²) in [6, 6.07) is 2.82. The fourth-order valence-electron chi connectivity index (χ4n) is 2.43. The van der Waals surface area contributed by atoms with Gasteiger partial charge in [0.05, 0.1) is 5.52 Å². The van der Waals surface area contributed by atoms with Crippen LogP contribution in [0.15, 0.2) is 12.1 Å². The molecule has 0 radical (unpaired) electrons. The maximum atomic E-state index is 14.0. The number of benzene rings is 1. The van der Waals surface area contributed by atoms with Gasteiger partial charge in [0.15, 0.2) is 16.4 Å². The van der Waals surface area contributed by atoms with E-state index in [4.69, 9.17) is 12.2 Å². The van der Waals surface area contributed by atoms with Gasteiger partial charge < -0.3 is 9.55 Å². The predicted molar refractivity (Wildman–Crippen MR) is 72.6 cm³/mol. The van der Waals surface area contributed by atoms with Crippen LogP contribution in [0.2, 0.25) is 0 Å². The molecule has 1 aromatic carbocycles. The quantitative estimate of drug-likeness (QED) is 0.798. The third kappa shape index (κ3) is 1.87. The minimum Gasteiger partial charge on any atom is -0.330 e. The van der Waals surface area contributed by atoms with E-state index in [-0.39, 0.29) is 11.6 Å². The van der Waals surface area contributed by atoms with Gasteiger partial charge in [0.25, 0.3) is 0 Å². The lowest BCUT2D eigenvalue weighted by atomic mass is 10.1. The number of thioether (sulfide) groups is 1. The molecule has 1 saturated heterocycles. The molecule has 0 spiro atoms. The van der Waals surface area contributed by atoms with Crippen molar-refractivity contribution >= 4 is 35.0 Å². The summed E-state index contributed by atoms with van der Waals surface area (Å²) >= 11 is 7.08. The minimum atomic E-state index is -0.825. The van der Waals surface area contributed by atoms with E-state index in [1.807, 2.05) is 11.8 Å². The van der Waals surface area contributed by atoms with Gasteiger partial charge in [-0.15, -0.1) is 0 Å². The number of rotatable bonds is 1. The summed E-state index contributed by atoms with van der Waals surface area (Å²) in [5, 5.41) is 0. The number of aromatic amines is 1. The third-order valence-electron chi connectivity index (χ3n) is 3.27. The topological polar surface area (TPSA) is 20.7 Å². The molecule has 1 aliphatic heterocycles. The Bertz CT molecular complexity index is 641. The number of halogens is 2. The molecule has 3 rings (SSSR count). The van der Waals surface area contributed by atoms with Crippen LogP contribution in [-0.2, 0) is 0 Å². The molecule has 1 aliphatic rings.